The molecule has 7 nitrogen and oxygen atoms in total. The standard InChI is InChI=1S/C22H39BrN4O3/c1-2-3-4-5-6-7-8-9-10-11-12-13-14-15-16-17-18-24-22(28)20-19(23)21(26-25-20)27(29)30/h2-18H2,1H3,(H,24,28)(H,25,26). The van der Waals surface area contributed by atoms with E-state index in [1.54, 1.807) is 0 Å². The van der Waals surface area contributed by atoms with Gasteiger partial charge in [0.1, 0.15) is 4.47 Å². The molecule has 0 aliphatic rings. The molecule has 1 amide bonds. The molecule has 30 heavy (non-hydrogen) atoms. The lowest BCUT2D eigenvalue weighted by atomic mass is 10.0. The average molecular weight is 487 g/mol. The smallest absolute Gasteiger partial charge is 0.357 e. The fourth-order valence-electron chi connectivity index (χ4n) is 3.55. The first-order valence-corrected chi connectivity index (χ1v) is 12.5. The molecule has 0 aliphatic heterocycles. The highest BCUT2D eigenvalue weighted by molar-refractivity contribution is 9.10. The molecule has 1 aromatic heterocycles. The number of aromatic amines is 1. The summed E-state index contributed by atoms with van der Waals surface area (Å²) >= 11 is 3.05. The second-order valence-corrected chi connectivity index (χ2v) is 8.84. The lowest BCUT2D eigenvalue weighted by Gasteiger charge is -2.04. The number of carbonyl (C=O) groups is 1. The molecule has 0 radical (unpaired) electrons. The number of amides is 1. The number of nitro groups is 1. The van der Waals surface area contributed by atoms with Crippen LogP contribution in [0.15, 0.2) is 4.47 Å². The molecule has 2 N–H and O–H groups in total. The first-order valence-electron chi connectivity index (χ1n) is 11.7. The predicted octanol–water partition coefficient (Wildman–Crippen LogP) is 7.07. The van der Waals surface area contributed by atoms with Crippen molar-refractivity contribution in [1.82, 2.24) is 15.5 Å². The van der Waals surface area contributed by atoms with Crippen LogP contribution in [0.1, 0.15) is 120 Å². The molecule has 0 saturated heterocycles. The van der Waals surface area contributed by atoms with Gasteiger partial charge in [-0.2, -0.15) is 0 Å². The molecule has 172 valence electrons. The fourth-order valence-corrected chi connectivity index (χ4v) is 4.05. The Morgan fingerprint density at radius 2 is 1.33 bits per heavy atom. The molecule has 1 aromatic rings. The number of rotatable bonds is 19. The Labute approximate surface area is 189 Å². The van der Waals surface area contributed by atoms with Crippen LogP contribution in [0.5, 0.6) is 0 Å². The van der Waals surface area contributed by atoms with Crippen molar-refractivity contribution in [3.63, 3.8) is 0 Å². The van der Waals surface area contributed by atoms with E-state index in [-0.39, 0.29) is 16.0 Å². The third-order valence-corrected chi connectivity index (χ3v) is 6.15. The normalized spacial score (nSPS) is 11.0. The topological polar surface area (TPSA) is 101 Å². The quantitative estimate of drug-likeness (QED) is 0.124. The molecule has 8 heteroatoms. The Kier molecular flexibility index (Phi) is 15.3. The van der Waals surface area contributed by atoms with E-state index in [1.807, 2.05) is 0 Å². The molecule has 0 spiro atoms. The van der Waals surface area contributed by atoms with E-state index in [2.05, 4.69) is 38.4 Å². The summed E-state index contributed by atoms with van der Waals surface area (Å²) in [5.74, 6) is -0.699. The van der Waals surface area contributed by atoms with Gasteiger partial charge in [0.15, 0.2) is 5.69 Å². The molecule has 0 aliphatic carbocycles. The summed E-state index contributed by atoms with van der Waals surface area (Å²) in [6, 6.07) is 0. The number of hydrogen-bond acceptors (Lipinski definition) is 4. The fraction of sp³-hybridized carbons (Fsp3) is 0.818. The first kappa shape index (κ1) is 26.6. The van der Waals surface area contributed by atoms with Crippen molar-refractivity contribution >= 4 is 27.7 Å². The van der Waals surface area contributed by atoms with Gasteiger partial charge >= 0.3 is 5.82 Å². The van der Waals surface area contributed by atoms with Crippen molar-refractivity contribution in [1.29, 1.82) is 0 Å². The van der Waals surface area contributed by atoms with E-state index in [0.717, 1.165) is 12.8 Å². The van der Waals surface area contributed by atoms with E-state index in [1.165, 1.54) is 89.9 Å². The summed E-state index contributed by atoms with van der Waals surface area (Å²) in [7, 11) is 0. The summed E-state index contributed by atoms with van der Waals surface area (Å²) in [6.07, 6.45) is 21.0. The second-order valence-electron chi connectivity index (χ2n) is 8.05. The second kappa shape index (κ2) is 17.3. The Balaban J connectivity index is 1.88. The van der Waals surface area contributed by atoms with Gasteiger partial charge in [0.2, 0.25) is 0 Å². The molecule has 0 unspecified atom stereocenters. The summed E-state index contributed by atoms with van der Waals surface area (Å²) in [5, 5.41) is 19.5. The van der Waals surface area contributed by atoms with Crippen molar-refractivity contribution in [2.24, 2.45) is 0 Å². The summed E-state index contributed by atoms with van der Waals surface area (Å²) in [5.41, 5.74) is 0.0261. The highest BCUT2D eigenvalue weighted by Gasteiger charge is 2.24. The van der Waals surface area contributed by atoms with Crippen LogP contribution in [0.4, 0.5) is 5.82 Å². The van der Waals surface area contributed by atoms with E-state index in [0.29, 0.717) is 6.54 Å². The number of aromatic nitrogens is 2. The van der Waals surface area contributed by atoms with Gasteiger partial charge in [0, 0.05) is 6.54 Å². The highest BCUT2D eigenvalue weighted by Crippen LogP contribution is 2.25. The summed E-state index contributed by atoms with van der Waals surface area (Å²) < 4.78 is 0.0944. The third kappa shape index (κ3) is 11.7. The number of carbonyl (C=O) groups excluding carboxylic acids is 1. The van der Waals surface area contributed by atoms with Crippen LogP contribution >= 0.6 is 15.9 Å². The van der Waals surface area contributed by atoms with Gasteiger partial charge in [0.05, 0.1) is 0 Å². The molecule has 1 heterocycles. The van der Waals surface area contributed by atoms with Gasteiger partial charge in [-0.3, -0.25) is 4.79 Å². The maximum Gasteiger partial charge on any atom is 0.357 e. The molecule has 0 atom stereocenters. The average Bonchev–Trinajstić information content (AvgIpc) is 3.12. The van der Waals surface area contributed by atoms with Crippen LogP contribution in [0.3, 0.4) is 0 Å². The zero-order chi connectivity index (χ0) is 22.0. The number of unbranched alkanes of at least 4 members (excludes halogenated alkanes) is 15. The molecular weight excluding hydrogens is 448 g/mol. The predicted molar refractivity (Wildman–Crippen MR) is 125 cm³/mol. The van der Waals surface area contributed by atoms with Gasteiger partial charge in [-0.25, -0.2) is 0 Å². The van der Waals surface area contributed by atoms with Crippen LogP contribution in [0, 0.1) is 10.1 Å². The van der Waals surface area contributed by atoms with Crippen LogP contribution < -0.4 is 5.32 Å². The molecule has 0 bridgehead atoms. The van der Waals surface area contributed by atoms with Crippen LogP contribution in [0.25, 0.3) is 0 Å². The Morgan fingerprint density at radius 1 is 0.900 bits per heavy atom. The van der Waals surface area contributed by atoms with E-state index in [9.17, 15) is 14.9 Å². The van der Waals surface area contributed by atoms with Gasteiger partial charge in [-0.05, 0) is 27.3 Å². The largest absolute Gasteiger partial charge is 0.358 e. The van der Waals surface area contributed by atoms with Crippen molar-refractivity contribution in [2.75, 3.05) is 6.54 Å². The third-order valence-electron chi connectivity index (χ3n) is 5.40. The molecule has 0 fully saturated rings. The van der Waals surface area contributed by atoms with E-state index >= 15 is 0 Å². The molecule has 0 saturated carbocycles. The van der Waals surface area contributed by atoms with E-state index < -0.39 is 10.8 Å². The Morgan fingerprint density at radius 3 is 1.73 bits per heavy atom. The minimum absolute atomic E-state index is 0.0261. The highest BCUT2D eigenvalue weighted by atomic mass is 79.9. The Hall–Kier alpha value is -1.44. The zero-order valence-electron chi connectivity index (χ0n) is 18.5. The number of hydrogen-bond donors (Lipinski definition) is 2. The zero-order valence-corrected chi connectivity index (χ0v) is 20.1. The summed E-state index contributed by atoms with van der Waals surface area (Å²) in [6.45, 7) is 2.83. The Bertz CT molecular complexity index is 607. The SMILES string of the molecule is CCCCCCCCCCCCCCCCCCNC(=O)c1n[nH]c([N+](=O)[O-])c1Br. The summed E-state index contributed by atoms with van der Waals surface area (Å²) in [4.78, 5) is 22.2. The lowest BCUT2D eigenvalue weighted by molar-refractivity contribution is -0.390. The van der Waals surface area contributed by atoms with Gasteiger partial charge in [0.25, 0.3) is 5.91 Å². The van der Waals surface area contributed by atoms with Crippen molar-refractivity contribution in [3.05, 3.63) is 20.3 Å². The monoisotopic (exact) mass is 486 g/mol. The maximum absolute atomic E-state index is 12.0. The number of halogens is 1. The number of nitrogens with one attached hydrogen (secondary N) is 2. The van der Waals surface area contributed by atoms with Crippen LogP contribution in [-0.4, -0.2) is 27.6 Å². The lowest BCUT2D eigenvalue weighted by Crippen LogP contribution is -2.25. The minimum Gasteiger partial charge on any atom is -0.358 e. The van der Waals surface area contributed by atoms with Crippen LogP contribution in [0.2, 0.25) is 0 Å². The number of H-pyrrole nitrogens is 1. The molecular formula is C22H39BrN4O3. The van der Waals surface area contributed by atoms with E-state index in [4.69, 9.17) is 0 Å². The molecule has 0 aromatic carbocycles. The van der Waals surface area contributed by atoms with Gasteiger partial charge in [-0.1, -0.05) is 108 Å². The number of nitrogens with zero attached hydrogens (tertiary/aromatic N) is 2. The van der Waals surface area contributed by atoms with Gasteiger partial charge < -0.3 is 15.4 Å². The first-order chi connectivity index (χ1) is 14.6. The van der Waals surface area contributed by atoms with Gasteiger partial charge in [-0.15, -0.1) is 5.10 Å². The van der Waals surface area contributed by atoms with Crippen molar-refractivity contribution < 1.29 is 9.72 Å². The molecule has 1 rings (SSSR count). The van der Waals surface area contributed by atoms with Crippen molar-refractivity contribution in [3.8, 4) is 0 Å². The van der Waals surface area contributed by atoms with Crippen molar-refractivity contribution in [2.45, 2.75) is 110 Å². The minimum atomic E-state index is -0.608. The van der Waals surface area contributed by atoms with Crippen LogP contribution in [-0.2, 0) is 0 Å². The maximum atomic E-state index is 12.0.